The molecule has 1 aromatic carbocycles. The van der Waals surface area contributed by atoms with E-state index in [0.717, 1.165) is 5.01 Å². The van der Waals surface area contributed by atoms with Crippen molar-refractivity contribution in [3.63, 3.8) is 0 Å². The van der Waals surface area contributed by atoms with Gasteiger partial charge in [-0.3, -0.25) is 10.1 Å². The number of carbonyl (C=O) groups is 1. The molecule has 0 atom stereocenters. The van der Waals surface area contributed by atoms with Gasteiger partial charge in [-0.15, -0.1) is 11.3 Å². The van der Waals surface area contributed by atoms with Gasteiger partial charge in [0.25, 0.3) is 5.69 Å². The highest BCUT2D eigenvalue weighted by atomic mass is 32.1. The van der Waals surface area contributed by atoms with Gasteiger partial charge in [-0.2, -0.15) is 0 Å². The highest BCUT2D eigenvalue weighted by Gasteiger charge is 2.12. The SMILES string of the molecule is CC(C)c1nc(COC(=O)c2ccc([N+](=O)[O-])cc2)cs1. The maximum absolute atomic E-state index is 11.8. The average Bonchev–Trinajstić information content (AvgIpc) is 2.94. The number of thiazole rings is 1. The van der Waals surface area contributed by atoms with Gasteiger partial charge < -0.3 is 4.74 Å². The molecule has 110 valence electrons. The smallest absolute Gasteiger partial charge is 0.338 e. The third kappa shape index (κ3) is 3.85. The highest BCUT2D eigenvalue weighted by Crippen LogP contribution is 2.20. The summed E-state index contributed by atoms with van der Waals surface area (Å²) in [6, 6.07) is 5.30. The molecular weight excluding hydrogens is 292 g/mol. The standard InChI is InChI=1S/C14H14N2O4S/c1-9(2)13-15-11(8-21-13)7-20-14(17)10-3-5-12(6-4-10)16(18)19/h3-6,8-9H,7H2,1-2H3. The quantitative estimate of drug-likeness (QED) is 0.479. The van der Waals surface area contributed by atoms with Gasteiger partial charge >= 0.3 is 5.97 Å². The van der Waals surface area contributed by atoms with Crippen LogP contribution in [0.4, 0.5) is 5.69 Å². The Labute approximate surface area is 125 Å². The van der Waals surface area contributed by atoms with Crippen LogP contribution in [0.3, 0.4) is 0 Å². The van der Waals surface area contributed by atoms with Gasteiger partial charge in [0, 0.05) is 23.4 Å². The molecule has 7 heteroatoms. The second kappa shape index (κ2) is 6.45. The molecule has 0 aliphatic heterocycles. The summed E-state index contributed by atoms with van der Waals surface area (Å²) in [6.45, 7) is 4.19. The van der Waals surface area contributed by atoms with Crippen molar-refractivity contribution in [3.8, 4) is 0 Å². The van der Waals surface area contributed by atoms with Crippen molar-refractivity contribution in [2.45, 2.75) is 26.4 Å². The normalized spacial score (nSPS) is 10.6. The molecule has 6 nitrogen and oxygen atoms in total. The summed E-state index contributed by atoms with van der Waals surface area (Å²) in [5.41, 5.74) is 0.923. The molecule has 0 aliphatic carbocycles. The zero-order valence-corrected chi connectivity index (χ0v) is 12.4. The van der Waals surface area contributed by atoms with E-state index in [1.54, 1.807) is 0 Å². The molecule has 0 saturated heterocycles. The van der Waals surface area contributed by atoms with E-state index in [-0.39, 0.29) is 17.9 Å². The van der Waals surface area contributed by atoms with E-state index in [1.807, 2.05) is 19.2 Å². The monoisotopic (exact) mass is 306 g/mol. The highest BCUT2D eigenvalue weighted by molar-refractivity contribution is 7.09. The zero-order valence-electron chi connectivity index (χ0n) is 11.6. The first-order valence-electron chi connectivity index (χ1n) is 6.33. The zero-order chi connectivity index (χ0) is 15.4. The predicted octanol–water partition coefficient (Wildman–Crippen LogP) is 3.53. The minimum Gasteiger partial charge on any atom is -0.456 e. The van der Waals surface area contributed by atoms with Crippen LogP contribution in [0.1, 0.15) is 40.8 Å². The van der Waals surface area contributed by atoms with Crippen LogP contribution in [0.15, 0.2) is 29.6 Å². The lowest BCUT2D eigenvalue weighted by atomic mass is 10.2. The summed E-state index contributed by atoms with van der Waals surface area (Å²) in [7, 11) is 0. The van der Waals surface area contributed by atoms with Crippen molar-refractivity contribution in [1.29, 1.82) is 0 Å². The molecule has 21 heavy (non-hydrogen) atoms. The first-order chi connectivity index (χ1) is 9.97. The van der Waals surface area contributed by atoms with Crippen LogP contribution in [-0.2, 0) is 11.3 Å². The van der Waals surface area contributed by atoms with E-state index >= 15 is 0 Å². The number of hydrogen-bond donors (Lipinski definition) is 0. The number of esters is 1. The van der Waals surface area contributed by atoms with Crippen molar-refractivity contribution in [2.24, 2.45) is 0 Å². The number of non-ortho nitro benzene ring substituents is 1. The number of carbonyl (C=O) groups excluding carboxylic acids is 1. The first kappa shape index (κ1) is 15.1. The summed E-state index contributed by atoms with van der Waals surface area (Å²) in [5.74, 6) is -0.182. The largest absolute Gasteiger partial charge is 0.456 e. The number of ether oxygens (including phenoxy) is 1. The predicted molar refractivity (Wildman–Crippen MR) is 78.4 cm³/mol. The number of benzene rings is 1. The fraction of sp³-hybridized carbons (Fsp3) is 0.286. The molecule has 0 unspecified atom stereocenters. The fourth-order valence-electron chi connectivity index (χ4n) is 1.60. The molecular formula is C14H14N2O4S. The minimum absolute atomic E-state index is 0.0624. The second-order valence-electron chi connectivity index (χ2n) is 4.71. The van der Waals surface area contributed by atoms with E-state index in [4.69, 9.17) is 4.74 Å². The summed E-state index contributed by atoms with van der Waals surface area (Å²) in [4.78, 5) is 26.2. The van der Waals surface area contributed by atoms with E-state index in [1.165, 1.54) is 35.6 Å². The van der Waals surface area contributed by atoms with Crippen LogP contribution in [0.25, 0.3) is 0 Å². The number of nitro benzene ring substituents is 1. The molecule has 2 rings (SSSR count). The molecule has 1 heterocycles. The lowest BCUT2D eigenvalue weighted by Crippen LogP contribution is -2.05. The van der Waals surface area contributed by atoms with Crippen molar-refractivity contribution in [2.75, 3.05) is 0 Å². The summed E-state index contributed by atoms with van der Waals surface area (Å²) < 4.78 is 5.14. The number of nitrogens with zero attached hydrogens (tertiary/aromatic N) is 2. The summed E-state index contributed by atoms with van der Waals surface area (Å²) >= 11 is 1.53. The van der Waals surface area contributed by atoms with E-state index in [9.17, 15) is 14.9 Å². The minimum atomic E-state index is -0.524. The Balaban J connectivity index is 1.96. The summed E-state index contributed by atoms with van der Waals surface area (Å²) in [6.07, 6.45) is 0. The van der Waals surface area contributed by atoms with Gasteiger partial charge in [-0.1, -0.05) is 13.8 Å². The Morgan fingerprint density at radius 1 is 1.38 bits per heavy atom. The Hall–Kier alpha value is -2.28. The lowest BCUT2D eigenvalue weighted by Gasteiger charge is -2.03. The molecule has 0 spiro atoms. The fourth-order valence-corrected chi connectivity index (χ4v) is 2.42. The van der Waals surface area contributed by atoms with Crippen molar-refractivity contribution in [3.05, 3.63) is 56.0 Å². The molecule has 1 aromatic heterocycles. The maximum Gasteiger partial charge on any atom is 0.338 e. The van der Waals surface area contributed by atoms with Crippen LogP contribution < -0.4 is 0 Å². The third-order valence-electron chi connectivity index (χ3n) is 2.73. The summed E-state index contributed by atoms with van der Waals surface area (Å²) in [5, 5.41) is 13.4. The maximum atomic E-state index is 11.8. The van der Waals surface area contributed by atoms with Gasteiger partial charge in [0.15, 0.2) is 0 Å². The number of aromatic nitrogens is 1. The molecule has 0 N–H and O–H groups in total. The van der Waals surface area contributed by atoms with Gasteiger partial charge in [0.05, 0.1) is 21.2 Å². The van der Waals surface area contributed by atoms with Crippen LogP contribution in [-0.4, -0.2) is 15.9 Å². The number of rotatable bonds is 5. The van der Waals surface area contributed by atoms with Crippen molar-refractivity contribution in [1.82, 2.24) is 4.98 Å². The van der Waals surface area contributed by atoms with Crippen molar-refractivity contribution < 1.29 is 14.5 Å². The van der Waals surface area contributed by atoms with Gasteiger partial charge in [-0.05, 0) is 12.1 Å². The Morgan fingerprint density at radius 3 is 2.57 bits per heavy atom. The molecule has 2 aromatic rings. The molecule has 0 amide bonds. The van der Waals surface area contributed by atoms with E-state index in [0.29, 0.717) is 11.6 Å². The van der Waals surface area contributed by atoms with Gasteiger partial charge in [0.1, 0.15) is 6.61 Å². The number of nitro groups is 1. The molecule has 0 radical (unpaired) electrons. The first-order valence-corrected chi connectivity index (χ1v) is 7.21. The van der Waals surface area contributed by atoms with Gasteiger partial charge in [-0.25, -0.2) is 9.78 Å². The van der Waals surface area contributed by atoms with Crippen LogP contribution in [0.5, 0.6) is 0 Å². The molecule has 0 aliphatic rings. The van der Waals surface area contributed by atoms with Crippen molar-refractivity contribution >= 4 is 23.0 Å². The molecule has 0 bridgehead atoms. The van der Waals surface area contributed by atoms with Gasteiger partial charge in [0.2, 0.25) is 0 Å². The Morgan fingerprint density at radius 2 is 2.05 bits per heavy atom. The van der Waals surface area contributed by atoms with Crippen LogP contribution in [0, 0.1) is 10.1 Å². The second-order valence-corrected chi connectivity index (χ2v) is 5.60. The van der Waals surface area contributed by atoms with Crippen LogP contribution >= 0.6 is 11.3 Å². The Kier molecular flexibility index (Phi) is 4.64. The molecule has 0 fully saturated rings. The topological polar surface area (TPSA) is 82.3 Å². The number of hydrogen-bond acceptors (Lipinski definition) is 6. The molecule has 0 saturated carbocycles. The Bertz CT molecular complexity index is 649. The van der Waals surface area contributed by atoms with E-state index < -0.39 is 10.9 Å². The van der Waals surface area contributed by atoms with E-state index in [2.05, 4.69) is 4.98 Å². The lowest BCUT2D eigenvalue weighted by molar-refractivity contribution is -0.384. The average molecular weight is 306 g/mol. The third-order valence-corrected chi connectivity index (χ3v) is 3.92. The van der Waals surface area contributed by atoms with Crippen LogP contribution in [0.2, 0.25) is 0 Å².